The van der Waals surface area contributed by atoms with Crippen molar-refractivity contribution < 1.29 is 4.74 Å². The molecule has 3 rings (SSSR count). The third-order valence-corrected chi connectivity index (χ3v) is 6.15. The SMILES string of the molecule is CCn1c(COc2ccc(C(C)C)cc2)nnc1SCc1ccc(Cl)c(Cl)c1. The summed E-state index contributed by atoms with van der Waals surface area (Å²) in [6.07, 6.45) is 0. The zero-order valence-electron chi connectivity index (χ0n) is 16.2. The first-order chi connectivity index (χ1) is 13.5. The van der Waals surface area contributed by atoms with E-state index in [1.165, 1.54) is 5.56 Å². The van der Waals surface area contributed by atoms with Crippen LogP contribution in [0.25, 0.3) is 0 Å². The Balaban J connectivity index is 1.63. The highest BCUT2D eigenvalue weighted by atomic mass is 35.5. The maximum atomic E-state index is 6.09. The maximum absolute atomic E-state index is 6.09. The largest absolute Gasteiger partial charge is 0.486 e. The van der Waals surface area contributed by atoms with E-state index in [9.17, 15) is 0 Å². The van der Waals surface area contributed by atoms with Gasteiger partial charge in [0, 0.05) is 12.3 Å². The topological polar surface area (TPSA) is 39.9 Å². The third-order valence-electron chi connectivity index (χ3n) is 4.38. The molecule has 1 aromatic heterocycles. The number of hydrogen-bond donors (Lipinski definition) is 0. The molecular weight excluding hydrogens is 413 g/mol. The predicted molar refractivity (Wildman–Crippen MR) is 117 cm³/mol. The van der Waals surface area contributed by atoms with Gasteiger partial charge in [0.2, 0.25) is 0 Å². The number of hydrogen-bond acceptors (Lipinski definition) is 4. The zero-order valence-corrected chi connectivity index (χ0v) is 18.5. The fourth-order valence-corrected chi connectivity index (χ4v) is 4.01. The van der Waals surface area contributed by atoms with Gasteiger partial charge in [0.25, 0.3) is 0 Å². The Morgan fingerprint density at radius 1 is 1.04 bits per heavy atom. The van der Waals surface area contributed by atoms with Crippen LogP contribution in [0.5, 0.6) is 5.75 Å². The second kappa shape index (κ2) is 9.68. The van der Waals surface area contributed by atoms with Crippen LogP contribution >= 0.6 is 35.0 Å². The number of thioether (sulfide) groups is 1. The van der Waals surface area contributed by atoms with E-state index in [1.807, 2.05) is 30.3 Å². The van der Waals surface area contributed by atoms with E-state index in [-0.39, 0.29) is 0 Å². The van der Waals surface area contributed by atoms with E-state index in [0.717, 1.165) is 34.6 Å². The summed E-state index contributed by atoms with van der Waals surface area (Å²) in [6, 6.07) is 13.9. The average Bonchev–Trinajstić information content (AvgIpc) is 3.09. The van der Waals surface area contributed by atoms with Gasteiger partial charge in [-0.1, -0.05) is 67.0 Å². The zero-order chi connectivity index (χ0) is 20.1. The van der Waals surface area contributed by atoms with Gasteiger partial charge in [0.1, 0.15) is 12.4 Å². The summed E-state index contributed by atoms with van der Waals surface area (Å²) in [7, 11) is 0. The van der Waals surface area contributed by atoms with Crippen molar-refractivity contribution in [2.24, 2.45) is 0 Å². The lowest BCUT2D eigenvalue weighted by Gasteiger charge is -2.10. The third kappa shape index (κ3) is 5.22. The summed E-state index contributed by atoms with van der Waals surface area (Å²) >= 11 is 13.7. The molecule has 0 saturated heterocycles. The maximum Gasteiger partial charge on any atom is 0.191 e. The number of halogens is 2. The quantitative estimate of drug-likeness (QED) is 0.373. The minimum atomic E-state index is 0.384. The van der Waals surface area contributed by atoms with Gasteiger partial charge < -0.3 is 9.30 Å². The summed E-state index contributed by atoms with van der Waals surface area (Å²) in [5.74, 6) is 2.89. The van der Waals surface area contributed by atoms with Gasteiger partial charge in [0.05, 0.1) is 10.0 Å². The second-order valence-corrected chi connectivity index (χ2v) is 8.45. The second-order valence-electron chi connectivity index (χ2n) is 6.69. The predicted octanol–water partition coefficient (Wildman–Crippen LogP) is 6.60. The lowest BCUT2D eigenvalue weighted by molar-refractivity contribution is 0.288. The Morgan fingerprint density at radius 2 is 1.79 bits per heavy atom. The highest BCUT2D eigenvalue weighted by Gasteiger charge is 2.13. The number of aromatic nitrogens is 3. The van der Waals surface area contributed by atoms with Crippen molar-refractivity contribution in [2.45, 2.75) is 50.8 Å². The van der Waals surface area contributed by atoms with Crippen LogP contribution in [0.15, 0.2) is 47.6 Å². The molecule has 148 valence electrons. The fraction of sp³-hybridized carbons (Fsp3) is 0.333. The Labute approximate surface area is 180 Å². The molecule has 4 nitrogen and oxygen atoms in total. The van der Waals surface area contributed by atoms with Gasteiger partial charge in [-0.2, -0.15) is 0 Å². The number of ether oxygens (including phenoxy) is 1. The van der Waals surface area contributed by atoms with Crippen LogP contribution < -0.4 is 4.74 Å². The molecule has 0 spiro atoms. The lowest BCUT2D eigenvalue weighted by Crippen LogP contribution is -2.07. The first kappa shape index (κ1) is 21.0. The first-order valence-electron chi connectivity index (χ1n) is 9.19. The normalized spacial score (nSPS) is 11.2. The van der Waals surface area contributed by atoms with E-state index in [2.05, 4.69) is 47.7 Å². The molecule has 0 N–H and O–H groups in total. The summed E-state index contributed by atoms with van der Waals surface area (Å²) in [5, 5.41) is 10.6. The standard InChI is InChI=1S/C21H23Cl2N3OS/c1-4-26-20(12-27-17-8-6-16(7-9-17)14(2)3)24-25-21(26)28-13-15-5-10-18(22)19(23)11-15/h5-11,14H,4,12-13H2,1-3H3. The molecule has 1 heterocycles. The van der Waals surface area contributed by atoms with E-state index in [0.29, 0.717) is 22.6 Å². The molecule has 3 aromatic rings. The molecule has 0 aliphatic heterocycles. The smallest absolute Gasteiger partial charge is 0.191 e. The number of benzene rings is 2. The van der Waals surface area contributed by atoms with Gasteiger partial charge in [0.15, 0.2) is 11.0 Å². The molecule has 0 amide bonds. The van der Waals surface area contributed by atoms with Crippen molar-refractivity contribution in [3.8, 4) is 5.75 Å². The molecule has 0 aliphatic rings. The Kier molecular flexibility index (Phi) is 7.27. The van der Waals surface area contributed by atoms with Crippen molar-refractivity contribution >= 4 is 35.0 Å². The van der Waals surface area contributed by atoms with Crippen LogP contribution in [0.1, 0.15) is 43.6 Å². The molecule has 0 saturated carbocycles. The summed E-state index contributed by atoms with van der Waals surface area (Å²) in [4.78, 5) is 0. The van der Waals surface area contributed by atoms with E-state index in [1.54, 1.807) is 11.8 Å². The van der Waals surface area contributed by atoms with Crippen LogP contribution in [0, 0.1) is 0 Å². The van der Waals surface area contributed by atoms with Crippen molar-refractivity contribution in [1.82, 2.24) is 14.8 Å². The van der Waals surface area contributed by atoms with Crippen LogP contribution in [0.3, 0.4) is 0 Å². The van der Waals surface area contributed by atoms with Crippen molar-refractivity contribution in [3.63, 3.8) is 0 Å². The molecular formula is C21H23Cl2N3OS. The Bertz CT molecular complexity index is 926. The van der Waals surface area contributed by atoms with Gasteiger partial charge >= 0.3 is 0 Å². The molecule has 0 fully saturated rings. The Morgan fingerprint density at radius 3 is 2.43 bits per heavy atom. The number of rotatable bonds is 8. The highest BCUT2D eigenvalue weighted by molar-refractivity contribution is 7.98. The molecule has 0 bridgehead atoms. The van der Waals surface area contributed by atoms with Crippen LogP contribution in [-0.2, 0) is 18.9 Å². The van der Waals surface area contributed by atoms with E-state index >= 15 is 0 Å². The van der Waals surface area contributed by atoms with Gasteiger partial charge in [-0.25, -0.2) is 0 Å². The van der Waals surface area contributed by atoms with Crippen molar-refractivity contribution in [3.05, 3.63) is 69.5 Å². The van der Waals surface area contributed by atoms with Gasteiger partial charge in [-0.15, -0.1) is 10.2 Å². The van der Waals surface area contributed by atoms with Crippen molar-refractivity contribution in [1.29, 1.82) is 0 Å². The Hall–Kier alpha value is -1.69. The van der Waals surface area contributed by atoms with Crippen LogP contribution in [-0.4, -0.2) is 14.8 Å². The molecule has 0 radical (unpaired) electrons. The summed E-state index contributed by atoms with van der Waals surface area (Å²) in [6.45, 7) is 7.60. The summed E-state index contributed by atoms with van der Waals surface area (Å²) < 4.78 is 7.98. The summed E-state index contributed by atoms with van der Waals surface area (Å²) in [5.41, 5.74) is 2.39. The van der Waals surface area contributed by atoms with Crippen LogP contribution in [0.2, 0.25) is 10.0 Å². The van der Waals surface area contributed by atoms with Crippen LogP contribution in [0.4, 0.5) is 0 Å². The molecule has 0 unspecified atom stereocenters. The highest BCUT2D eigenvalue weighted by Crippen LogP contribution is 2.27. The molecule has 7 heteroatoms. The minimum absolute atomic E-state index is 0.384. The first-order valence-corrected chi connectivity index (χ1v) is 10.9. The van der Waals surface area contributed by atoms with Crippen molar-refractivity contribution in [2.75, 3.05) is 0 Å². The van der Waals surface area contributed by atoms with Gasteiger partial charge in [-0.05, 0) is 48.2 Å². The molecule has 28 heavy (non-hydrogen) atoms. The minimum Gasteiger partial charge on any atom is -0.486 e. The van der Waals surface area contributed by atoms with Gasteiger partial charge in [-0.3, -0.25) is 0 Å². The average molecular weight is 436 g/mol. The molecule has 0 aliphatic carbocycles. The fourth-order valence-electron chi connectivity index (χ4n) is 2.72. The van der Waals surface area contributed by atoms with E-state index in [4.69, 9.17) is 27.9 Å². The molecule has 2 aromatic carbocycles. The molecule has 0 atom stereocenters. The number of nitrogens with zero attached hydrogens (tertiary/aromatic N) is 3. The lowest BCUT2D eigenvalue weighted by atomic mass is 10.0. The van der Waals surface area contributed by atoms with E-state index < -0.39 is 0 Å². The monoisotopic (exact) mass is 435 g/mol.